The van der Waals surface area contributed by atoms with Gasteiger partial charge < -0.3 is 25.0 Å². The van der Waals surface area contributed by atoms with Crippen LogP contribution in [0.25, 0.3) is 0 Å². The van der Waals surface area contributed by atoms with Gasteiger partial charge in [-0.1, -0.05) is 24.3 Å². The average Bonchev–Trinajstić information content (AvgIpc) is 2.79. The Morgan fingerprint density at radius 2 is 1.72 bits per heavy atom. The minimum atomic E-state index is -4.45. The van der Waals surface area contributed by atoms with Gasteiger partial charge in [0.15, 0.2) is 5.96 Å². The van der Waals surface area contributed by atoms with Crippen LogP contribution in [0, 0.1) is 0 Å². The standard InChI is InChI=1S/C22H27F3N4O2.HI/c1-26-21(28-15-17-5-3-4-6-20(17)30-2)27-14-16-7-8-18(13-19(16)22(23,24)25)29-9-11-31-12-10-29;/h3-8,13H,9-12,14-15H2,1-2H3,(H2,26,27,28);1H. The number of nitrogens with zero attached hydrogens (tertiary/aromatic N) is 2. The molecule has 1 aliphatic heterocycles. The summed E-state index contributed by atoms with van der Waals surface area (Å²) in [6.45, 7) is 2.59. The first kappa shape index (κ1) is 26.0. The van der Waals surface area contributed by atoms with Crippen LogP contribution in [0.1, 0.15) is 16.7 Å². The van der Waals surface area contributed by atoms with Crippen LogP contribution in [0.4, 0.5) is 18.9 Å². The van der Waals surface area contributed by atoms with E-state index in [0.717, 1.165) is 11.3 Å². The Labute approximate surface area is 203 Å². The van der Waals surface area contributed by atoms with Crippen molar-refractivity contribution in [2.24, 2.45) is 4.99 Å². The highest BCUT2D eigenvalue weighted by molar-refractivity contribution is 14.0. The molecule has 0 spiro atoms. The molecular weight excluding hydrogens is 536 g/mol. The van der Waals surface area contributed by atoms with E-state index in [2.05, 4.69) is 15.6 Å². The number of morpholine rings is 1. The van der Waals surface area contributed by atoms with Crippen molar-refractivity contribution in [3.05, 3.63) is 59.2 Å². The molecule has 10 heteroatoms. The zero-order valence-corrected chi connectivity index (χ0v) is 20.4. The number of hydrogen-bond donors (Lipinski definition) is 2. The molecule has 6 nitrogen and oxygen atoms in total. The van der Waals surface area contributed by atoms with Crippen molar-refractivity contribution >= 4 is 35.6 Å². The molecule has 0 unspecified atom stereocenters. The number of methoxy groups -OCH3 is 1. The Bertz CT molecular complexity index is 903. The third-order valence-electron chi connectivity index (χ3n) is 5.08. The van der Waals surface area contributed by atoms with Gasteiger partial charge in [0.1, 0.15) is 5.75 Å². The highest BCUT2D eigenvalue weighted by Gasteiger charge is 2.34. The Kier molecular flexibility index (Phi) is 9.88. The number of anilines is 1. The van der Waals surface area contributed by atoms with E-state index in [4.69, 9.17) is 9.47 Å². The van der Waals surface area contributed by atoms with Crippen molar-refractivity contribution in [1.82, 2.24) is 10.6 Å². The molecule has 2 aromatic carbocycles. The summed E-state index contributed by atoms with van der Waals surface area (Å²) in [6, 6.07) is 12.0. The topological polar surface area (TPSA) is 58.1 Å². The highest BCUT2D eigenvalue weighted by atomic mass is 127. The molecule has 1 aliphatic rings. The molecule has 0 saturated carbocycles. The van der Waals surface area contributed by atoms with Crippen LogP contribution in [0.15, 0.2) is 47.5 Å². The van der Waals surface area contributed by atoms with Crippen molar-refractivity contribution in [2.45, 2.75) is 19.3 Å². The van der Waals surface area contributed by atoms with Gasteiger partial charge in [-0.25, -0.2) is 0 Å². The van der Waals surface area contributed by atoms with Crippen LogP contribution in [0.3, 0.4) is 0 Å². The number of benzene rings is 2. The molecule has 0 amide bonds. The van der Waals surface area contributed by atoms with Gasteiger partial charge in [0, 0.05) is 44.5 Å². The number of aliphatic imine (C=N–C) groups is 1. The van der Waals surface area contributed by atoms with E-state index >= 15 is 0 Å². The lowest BCUT2D eigenvalue weighted by atomic mass is 10.0. The van der Waals surface area contributed by atoms with Crippen LogP contribution < -0.4 is 20.3 Å². The summed E-state index contributed by atoms with van der Waals surface area (Å²) in [6.07, 6.45) is -4.45. The molecule has 32 heavy (non-hydrogen) atoms. The summed E-state index contributed by atoms with van der Waals surface area (Å²) in [7, 11) is 3.16. The summed E-state index contributed by atoms with van der Waals surface area (Å²) >= 11 is 0. The Hall–Kier alpha value is -2.21. The zero-order chi connectivity index (χ0) is 22.3. The molecule has 0 aromatic heterocycles. The number of rotatable bonds is 6. The monoisotopic (exact) mass is 564 g/mol. The zero-order valence-electron chi connectivity index (χ0n) is 18.0. The van der Waals surface area contributed by atoms with Gasteiger partial charge in [0.25, 0.3) is 0 Å². The lowest BCUT2D eigenvalue weighted by Gasteiger charge is -2.29. The van der Waals surface area contributed by atoms with E-state index in [1.54, 1.807) is 20.2 Å². The first-order chi connectivity index (χ1) is 14.9. The summed E-state index contributed by atoms with van der Waals surface area (Å²) in [5, 5.41) is 6.08. The molecule has 176 valence electrons. The first-order valence-corrected chi connectivity index (χ1v) is 10.0. The summed E-state index contributed by atoms with van der Waals surface area (Å²) in [5.74, 6) is 1.12. The SMILES string of the molecule is CN=C(NCc1ccccc1OC)NCc1ccc(N2CCOCC2)cc1C(F)(F)F.I. The first-order valence-electron chi connectivity index (χ1n) is 10.0. The fourth-order valence-electron chi connectivity index (χ4n) is 3.43. The molecule has 0 bridgehead atoms. The van der Waals surface area contributed by atoms with E-state index in [0.29, 0.717) is 44.5 Å². The van der Waals surface area contributed by atoms with Crippen LogP contribution >= 0.6 is 24.0 Å². The minimum absolute atomic E-state index is 0. The van der Waals surface area contributed by atoms with Gasteiger partial charge in [0.05, 0.1) is 25.9 Å². The molecular formula is C22H28F3IN4O2. The predicted octanol–water partition coefficient (Wildman–Crippen LogP) is 4.03. The molecule has 2 N–H and O–H groups in total. The number of nitrogens with one attached hydrogen (secondary N) is 2. The second kappa shape index (κ2) is 12.1. The van der Waals surface area contributed by atoms with Crippen LogP contribution in [0.2, 0.25) is 0 Å². The number of ether oxygens (including phenoxy) is 2. The number of halogens is 4. The van der Waals surface area contributed by atoms with E-state index in [9.17, 15) is 13.2 Å². The van der Waals surface area contributed by atoms with E-state index in [1.807, 2.05) is 29.2 Å². The second-order valence-electron chi connectivity index (χ2n) is 7.03. The molecule has 1 heterocycles. The largest absolute Gasteiger partial charge is 0.496 e. The second-order valence-corrected chi connectivity index (χ2v) is 7.03. The predicted molar refractivity (Wildman–Crippen MR) is 130 cm³/mol. The molecule has 1 saturated heterocycles. The van der Waals surface area contributed by atoms with Crippen LogP contribution in [-0.4, -0.2) is 46.4 Å². The van der Waals surface area contributed by atoms with E-state index in [1.165, 1.54) is 12.1 Å². The molecule has 0 radical (unpaired) electrons. The van der Waals surface area contributed by atoms with Crippen molar-refractivity contribution in [1.29, 1.82) is 0 Å². The van der Waals surface area contributed by atoms with Gasteiger partial charge in [-0.15, -0.1) is 24.0 Å². The third kappa shape index (κ3) is 6.89. The molecule has 2 aromatic rings. The Morgan fingerprint density at radius 1 is 1.06 bits per heavy atom. The summed E-state index contributed by atoms with van der Waals surface area (Å²) in [4.78, 5) is 6.01. The van der Waals surface area contributed by atoms with Crippen LogP contribution in [0.5, 0.6) is 5.75 Å². The van der Waals surface area contributed by atoms with Crippen molar-refractivity contribution in [3.63, 3.8) is 0 Å². The van der Waals surface area contributed by atoms with Gasteiger partial charge in [-0.2, -0.15) is 13.2 Å². The Balaban J connectivity index is 0.00000363. The highest BCUT2D eigenvalue weighted by Crippen LogP contribution is 2.35. The fourth-order valence-corrected chi connectivity index (χ4v) is 3.43. The number of para-hydroxylation sites is 1. The number of guanidine groups is 1. The average molecular weight is 564 g/mol. The molecule has 3 rings (SSSR count). The lowest BCUT2D eigenvalue weighted by Crippen LogP contribution is -2.37. The third-order valence-corrected chi connectivity index (χ3v) is 5.08. The number of hydrogen-bond acceptors (Lipinski definition) is 4. The van der Waals surface area contributed by atoms with Crippen molar-refractivity contribution in [2.75, 3.05) is 45.4 Å². The number of alkyl halides is 3. The maximum Gasteiger partial charge on any atom is 0.416 e. The van der Waals surface area contributed by atoms with Gasteiger partial charge >= 0.3 is 6.18 Å². The maximum atomic E-state index is 13.7. The van der Waals surface area contributed by atoms with Crippen molar-refractivity contribution < 1.29 is 22.6 Å². The maximum absolute atomic E-state index is 13.7. The van der Waals surface area contributed by atoms with E-state index < -0.39 is 11.7 Å². The molecule has 0 aliphatic carbocycles. The van der Waals surface area contributed by atoms with Crippen molar-refractivity contribution in [3.8, 4) is 5.75 Å². The summed E-state index contributed by atoms with van der Waals surface area (Å²) < 4.78 is 51.8. The molecule has 1 fully saturated rings. The smallest absolute Gasteiger partial charge is 0.416 e. The summed E-state index contributed by atoms with van der Waals surface area (Å²) in [5.41, 5.74) is 0.978. The lowest BCUT2D eigenvalue weighted by molar-refractivity contribution is -0.138. The van der Waals surface area contributed by atoms with E-state index in [-0.39, 0.29) is 36.1 Å². The quantitative estimate of drug-likeness (QED) is 0.316. The Morgan fingerprint density at radius 3 is 2.34 bits per heavy atom. The van der Waals surface area contributed by atoms with Crippen LogP contribution in [-0.2, 0) is 24.0 Å². The minimum Gasteiger partial charge on any atom is -0.496 e. The van der Waals surface area contributed by atoms with Gasteiger partial charge in [-0.05, 0) is 23.8 Å². The normalized spacial score (nSPS) is 14.5. The van der Waals surface area contributed by atoms with Gasteiger partial charge in [-0.3, -0.25) is 4.99 Å². The fraction of sp³-hybridized carbons (Fsp3) is 0.409. The van der Waals surface area contributed by atoms with Gasteiger partial charge in [0.2, 0.25) is 0 Å². The molecule has 0 atom stereocenters.